The van der Waals surface area contributed by atoms with Gasteiger partial charge in [0.05, 0.1) is 5.92 Å². The third-order valence-electron chi connectivity index (χ3n) is 7.12. The summed E-state index contributed by atoms with van der Waals surface area (Å²) in [6.07, 6.45) is 2.80. The maximum atomic E-state index is 12.9. The van der Waals surface area contributed by atoms with Gasteiger partial charge < -0.3 is 20.5 Å². The smallest absolute Gasteiger partial charge is 0.407 e. The fourth-order valence-electron chi connectivity index (χ4n) is 5.22. The third-order valence-corrected chi connectivity index (χ3v) is 7.12. The highest BCUT2D eigenvalue weighted by Crippen LogP contribution is 2.44. The molecule has 5 rings (SSSR count). The lowest BCUT2D eigenvalue weighted by Crippen LogP contribution is -2.50. The number of hydrogen-bond donors (Lipinski definition) is 3. The number of carboxylic acids is 1. The third kappa shape index (κ3) is 4.45. The van der Waals surface area contributed by atoms with Gasteiger partial charge in [-0.1, -0.05) is 48.5 Å². The first kappa shape index (κ1) is 21.5. The number of aliphatic carboxylic acids is 1. The van der Waals surface area contributed by atoms with Crippen LogP contribution < -0.4 is 10.6 Å². The lowest BCUT2D eigenvalue weighted by molar-refractivity contribution is -0.141. The zero-order valence-corrected chi connectivity index (χ0v) is 18.3. The van der Waals surface area contributed by atoms with Crippen molar-refractivity contribution in [1.29, 1.82) is 0 Å². The molecular weight excluding hydrogens is 420 g/mol. The molecule has 0 radical (unpaired) electrons. The molecule has 3 aliphatic carbocycles. The van der Waals surface area contributed by atoms with E-state index in [1.807, 2.05) is 24.3 Å². The lowest BCUT2D eigenvalue weighted by Gasteiger charge is -2.21. The standard InChI is InChI=1S/C26H28N2O5/c29-24(27-17-12-11-16(13-17)25(30)31)23(15-9-10-15)28-26(32)33-14-22-20-7-3-1-5-18(20)19-6-2-4-8-21(19)22/h1-8,15-17,22-23H,9-14H2,(H,27,29)(H,28,32)(H,30,31)/t16-,17+,23?/m1/s1. The van der Waals surface area contributed by atoms with Gasteiger partial charge in [0, 0.05) is 12.0 Å². The molecule has 0 heterocycles. The lowest BCUT2D eigenvalue weighted by atomic mass is 9.98. The molecule has 0 aromatic heterocycles. The van der Waals surface area contributed by atoms with Gasteiger partial charge in [0.25, 0.3) is 0 Å². The first-order chi connectivity index (χ1) is 16.0. The summed E-state index contributed by atoms with van der Waals surface area (Å²) < 4.78 is 5.61. The van der Waals surface area contributed by atoms with E-state index in [-0.39, 0.29) is 30.4 Å². The molecule has 7 heteroatoms. The van der Waals surface area contributed by atoms with E-state index in [4.69, 9.17) is 4.74 Å². The molecule has 2 aromatic rings. The van der Waals surface area contributed by atoms with Crippen LogP contribution in [0, 0.1) is 11.8 Å². The molecule has 2 aromatic carbocycles. The Hall–Kier alpha value is -3.35. The Kier molecular flexibility index (Phi) is 5.79. The molecule has 0 spiro atoms. The van der Waals surface area contributed by atoms with Gasteiger partial charge in [-0.3, -0.25) is 9.59 Å². The molecular formula is C26H28N2O5. The minimum absolute atomic E-state index is 0.0391. The molecule has 2 fully saturated rings. The molecule has 3 aliphatic rings. The van der Waals surface area contributed by atoms with E-state index in [0.29, 0.717) is 19.3 Å². The summed E-state index contributed by atoms with van der Waals surface area (Å²) in [4.78, 5) is 36.7. The molecule has 172 valence electrons. The highest BCUT2D eigenvalue weighted by molar-refractivity contribution is 5.87. The van der Waals surface area contributed by atoms with Gasteiger partial charge in [-0.05, 0) is 60.3 Å². The van der Waals surface area contributed by atoms with Gasteiger partial charge in [0.2, 0.25) is 5.91 Å². The van der Waals surface area contributed by atoms with Gasteiger partial charge in [-0.25, -0.2) is 4.79 Å². The van der Waals surface area contributed by atoms with Crippen LogP contribution in [0.5, 0.6) is 0 Å². The van der Waals surface area contributed by atoms with Crippen LogP contribution in [0.25, 0.3) is 11.1 Å². The van der Waals surface area contributed by atoms with Gasteiger partial charge >= 0.3 is 12.1 Å². The number of benzene rings is 2. The van der Waals surface area contributed by atoms with E-state index in [1.54, 1.807) is 0 Å². The average Bonchev–Trinajstić information content (AvgIpc) is 3.46. The topological polar surface area (TPSA) is 105 Å². The maximum absolute atomic E-state index is 12.9. The number of carboxylic acid groups (broad SMARTS) is 1. The van der Waals surface area contributed by atoms with E-state index in [1.165, 1.54) is 0 Å². The van der Waals surface area contributed by atoms with Crippen LogP contribution >= 0.6 is 0 Å². The maximum Gasteiger partial charge on any atom is 0.407 e. The van der Waals surface area contributed by atoms with Crippen molar-refractivity contribution in [3.63, 3.8) is 0 Å². The van der Waals surface area contributed by atoms with Crippen LogP contribution in [0.2, 0.25) is 0 Å². The van der Waals surface area contributed by atoms with E-state index in [9.17, 15) is 19.5 Å². The number of fused-ring (bicyclic) bond motifs is 3. The van der Waals surface area contributed by atoms with Crippen molar-refractivity contribution in [2.75, 3.05) is 6.61 Å². The summed E-state index contributed by atoms with van der Waals surface area (Å²) in [5, 5.41) is 14.9. The molecule has 1 unspecified atom stereocenters. The van der Waals surface area contributed by atoms with Gasteiger partial charge in [0.1, 0.15) is 12.6 Å². The predicted octanol–water partition coefficient (Wildman–Crippen LogP) is 3.67. The number of nitrogens with one attached hydrogen (secondary N) is 2. The van der Waals surface area contributed by atoms with E-state index < -0.39 is 24.0 Å². The van der Waals surface area contributed by atoms with E-state index in [2.05, 4.69) is 34.9 Å². The van der Waals surface area contributed by atoms with Crippen molar-refractivity contribution in [3.05, 3.63) is 59.7 Å². The molecule has 3 atom stereocenters. The number of alkyl carbamates (subject to hydrolysis) is 1. The monoisotopic (exact) mass is 448 g/mol. The number of ether oxygens (including phenoxy) is 1. The Morgan fingerprint density at radius 1 is 0.939 bits per heavy atom. The molecule has 0 aliphatic heterocycles. The van der Waals surface area contributed by atoms with Gasteiger partial charge in [-0.15, -0.1) is 0 Å². The number of carbonyl (C=O) groups is 3. The second-order valence-electron chi connectivity index (χ2n) is 9.34. The van der Waals surface area contributed by atoms with E-state index >= 15 is 0 Å². The summed E-state index contributed by atoms with van der Waals surface area (Å²) in [7, 11) is 0. The number of hydrogen-bond acceptors (Lipinski definition) is 4. The highest BCUT2D eigenvalue weighted by Gasteiger charge is 2.40. The van der Waals surface area contributed by atoms with Crippen molar-refractivity contribution in [2.45, 2.75) is 50.1 Å². The van der Waals surface area contributed by atoms with Crippen molar-refractivity contribution in [1.82, 2.24) is 10.6 Å². The van der Waals surface area contributed by atoms with Crippen molar-refractivity contribution < 1.29 is 24.2 Å². The number of rotatable bonds is 7. The first-order valence-electron chi connectivity index (χ1n) is 11.7. The Labute approximate surface area is 192 Å². The van der Waals surface area contributed by atoms with Gasteiger partial charge in [-0.2, -0.15) is 0 Å². The van der Waals surface area contributed by atoms with Crippen LogP contribution in [0.4, 0.5) is 4.79 Å². The summed E-state index contributed by atoms with van der Waals surface area (Å²) in [5.41, 5.74) is 4.59. The number of carbonyl (C=O) groups excluding carboxylic acids is 2. The molecule has 0 saturated heterocycles. The van der Waals surface area contributed by atoms with Crippen LogP contribution in [0.1, 0.15) is 49.1 Å². The van der Waals surface area contributed by atoms with E-state index in [0.717, 1.165) is 35.1 Å². The second kappa shape index (κ2) is 8.89. The normalized spacial score (nSPS) is 22.2. The van der Waals surface area contributed by atoms with Gasteiger partial charge in [0.15, 0.2) is 0 Å². The second-order valence-corrected chi connectivity index (χ2v) is 9.34. The Morgan fingerprint density at radius 3 is 2.15 bits per heavy atom. The molecule has 7 nitrogen and oxygen atoms in total. The predicted molar refractivity (Wildman–Crippen MR) is 122 cm³/mol. The molecule has 0 bridgehead atoms. The zero-order valence-electron chi connectivity index (χ0n) is 18.3. The van der Waals surface area contributed by atoms with Crippen LogP contribution in [-0.4, -0.2) is 41.8 Å². The summed E-state index contributed by atoms with van der Waals surface area (Å²) in [6.45, 7) is 0.196. The summed E-state index contributed by atoms with van der Waals surface area (Å²) in [6, 6.07) is 15.5. The molecule has 2 amide bonds. The zero-order chi connectivity index (χ0) is 22.9. The fraction of sp³-hybridized carbons (Fsp3) is 0.423. The SMILES string of the molecule is O=C(NC(C(=O)N[C@H]1CC[C@@H](C(=O)O)C1)C1CC1)OCC1c2ccccc2-c2ccccc21. The quantitative estimate of drug-likeness (QED) is 0.599. The average molecular weight is 449 g/mol. The Balaban J connectivity index is 1.20. The van der Waals surface area contributed by atoms with Crippen molar-refractivity contribution in [3.8, 4) is 11.1 Å². The van der Waals surface area contributed by atoms with Crippen molar-refractivity contribution in [2.24, 2.45) is 11.8 Å². The molecule has 33 heavy (non-hydrogen) atoms. The summed E-state index contributed by atoms with van der Waals surface area (Å²) >= 11 is 0. The largest absolute Gasteiger partial charge is 0.481 e. The van der Waals surface area contributed by atoms with Crippen LogP contribution in [0.3, 0.4) is 0 Å². The molecule has 2 saturated carbocycles. The fourth-order valence-corrected chi connectivity index (χ4v) is 5.22. The number of amides is 2. The Bertz CT molecular complexity index is 1030. The van der Waals surface area contributed by atoms with Crippen molar-refractivity contribution >= 4 is 18.0 Å². The van der Waals surface area contributed by atoms with Crippen LogP contribution in [-0.2, 0) is 14.3 Å². The Morgan fingerprint density at radius 2 is 1.58 bits per heavy atom. The van der Waals surface area contributed by atoms with Crippen LogP contribution in [0.15, 0.2) is 48.5 Å². The summed E-state index contributed by atoms with van der Waals surface area (Å²) in [5.74, 6) is -1.42. The molecule has 3 N–H and O–H groups in total. The highest BCUT2D eigenvalue weighted by atomic mass is 16.5. The minimum Gasteiger partial charge on any atom is -0.481 e. The minimum atomic E-state index is -0.817. The first-order valence-corrected chi connectivity index (χ1v) is 11.7.